The van der Waals surface area contributed by atoms with Crippen LogP contribution >= 0.6 is 0 Å². The van der Waals surface area contributed by atoms with Crippen molar-refractivity contribution in [2.24, 2.45) is 5.92 Å². The molecule has 3 saturated heterocycles. The maximum atomic E-state index is 13.1. The molecule has 24 heavy (non-hydrogen) atoms. The maximum absolute atomic E-state index is 13.1. The fourth-order valence-corrected chi connectivity index (χ4v) is 4.81. The van der Waals surface area contributed by atoms with E-state index in [0.717, 1.165) is 38.6 Å². The molecule has 4 aliphatic rings. The van der Waals surface area contributed by atoms with Gasteiger partial charge in [-0.15, -0.1) is 0 Å². The number of hydrogen-bond acceptors (Lipinski definition) is 4. The second-order valence-corrected chi connectivity index (χ2v) is 7.59. The molecule has 3 heterocycles. The van der Waals surface area contributed by atoms with E-state index in [9.17, 15) is 9.59 Å². The van der Waals surface area contributed by atoms with Crippen molar-refractivity contribution in [3.8, 4) is 0 Å². The molecule has 6 heteroatoms. The SMILES string of the molecule is O=C1CC(C(=O)N2CCCCC2C2OCCO2)CN1C1CCCC1. The number of carbonyl (C=O) groups excluding carboxylic acids is 2. The van der Waals surface area contributed by atoms with Gasteiger partial charge >= 0.3 is 0 Å². The third kappa shape index (κ3) is 3.06. The Morgan fingerprint density at radius 1 is 1.00 bits per heavy atom. The van der Waals surface area contributed by atoms with Crippen LogP contribution in [-0.2, 0) is 19.1 Å². The molecule has 1 aliphatic carbocycles. The molecule has 4 rings (SSSR count). The van der Waals surface area contributed by atoms with Crippen LogP contribution in [0.2, 0.25) is 0 Å². The van der Waals surface area contributed by atoms with Gasteiger partial charge in [-0.05, 0) is 32.1 Å². The van der Waals surface area contributed by atoms with Gasteiger partial charge in [0.2, 0.25) is 11.8 Å². The number of likely N-dealkylation sites (tertiary alicyclic amines) is 2. The monoisotopic (exact) mass is 336 g/mol. The van der Waals surface area contributed by atoms with E-state index in [1.165, 1.54) is 12.8 Å². The number of carbonyl (C=O) groups is 2. The minimum atomic E-state index is -0.280. The standard InChI is InChI=1S/C18H28N2O4/c21-16-11-13(12-20(16)14-5-1-2-6-14)17(22)19-8-4-3-7-15(19)18-23-9-10-24-18/h13-15,18H,1-12H2. The van der Waals surface area contributed by atoms with Gasteiger partial charge in [-0.1, -0.05) is 12.8 Å². The summed E-state index contributed by atoms with van der Waals surface area (Å²) in [6.07, 6.45) is 7.78. The second-order valence-electron chi connectivity index (χ2n) is 7.59. The lowest BCUT2D eigenvalue weighted by Gasteiger charge is -2.39. The first kappa shape index (κ1) is 16.3. The normalized spacial score (nSPS) is 32.9. The highest BCUT2D eigenvalue weighted by Gasteiger charge is 2.43. The molecule has 3 aliphatic heterocycles. The summed E-state index contributed by atoms with van der Waals surface area (Å²) >= 11 is 0. The molecular formula is C18H28N2O4. The highest BCUT2D eigenvalue weighted by molar-refractivity contribution is 5.89. The van der Waals surface area contributed by atoms with Gasteiger partial charge in [0.25, 0.3) is 0 Å². The van der Waals surface area contributed by atoms with Gasteiger partial charge in [-0.3, -0.25) is 9.59 Å². The third-order valence-electron chi connectivity index (χ3n) is 6.07. The number of rotatable bonds is 3. The number of ether oxygens (including phenoxy) is 2. The average molecular weight is 336 g/mol. The summed E-state index contributed by atoms with van der Waals surface area (Å²) < 4.78 is 11.3. The zero-order valence-corrected chi connectivity index (χ0v) is 14.3. The van der Waals surface area contributed by atoms with Crippen LogP contribution in [0.15, 0.2) is 0 Å². The van der Waals surface area contributed by atoms with Gasteiger partial charge in [0.15, 0.2) is 6.29 Å². The molecule has 2 atom stereocenters. The number of hydrogen-bond donors (Lipinski definition) is 0. The minimum Gasteiger partial charge on any atom is -0.348 e. The summed E-state index contributed by atoms with van der Waals surface area (Å²) in [5, 5.41) is 0. The summed E-state index contributed by atoms with van der Waals surface area (Å²) in [5.74, 6) is 0.120. The molecule has 0 radical (unpaired) electrons. The van der Waals surface area contributed by atoms with Crippen molar-refractivity contribution in [2.75, 3.05) is 26.3 Å². The van der Waals surface area contributed by atoms with Gasteiger partial charge in [-0.2, -0.15) is 0 Å². The molecule has 1 saturated carbocycles. The molecule has 0 N–H and O–H groups in total. The molecule has 2 amide bonds. The summed E-state index contributed by atoms with van der Waals surface area (Å²) in [5.41, 5.74) is 0. The Hall–Kier alpha value is -1.14. The zero-order chi connectivity index (χ0) is 16.5. The molecule has 0 aromatic carbocycles. The van der Waals surface area contributed by atoms with E-state index in [4.69, 9.17) is 9.47 Å². The molecule has 0 aromatic rings. The van der Waals surface area contributed by atoms with Crippen molar-refractivity contribution in [2.45, 2.75) is 69.7 Å². The quantitative estimate of drug-likeness (QED) is 0.784. The van der Waals surface area contributed by atoms with E-state index in [1.54, 1.807) is 0 Å². The summed E-state index contributed by atoms with van der Waals surface area (Å²) in [7, 11) is 0. The van der Waals surface area contributed by atoms with Crippen molar-refractivity contribution in [1.82, 2.24) is 9.80 Å². The first-order valence-electron chi connectivity index (χ1n) is 9.57. The molecule has 4 fully saturated rings. The van der Waals surface area contributed by atoms with Crippen LogP contribution in [0.1, 0.15) is 51.4 Å². The summed E-state index contributed by atoms with van der Waals surface area (Å²) in [4.78, 5) is 29.4. The zero-order valence-electron chi connectivity index (χ0n) is 14.3. The number of piperidine rings is 1. The number of nitrogens with zero attached hydrogens (tertiary/aromatic N) is 2. The fraction of sp³-hybridized carbons (Fsp3) is 0.889. The minimum absolute atomic E-state index is 0.0179. The van der Waals surface area contributed by atoms with Gasteiger partial charge in [0.05, 0.1) is 25.2 Å². The molecule has 2 unspecified atom stereocenters. The van der Waals surface area contributed by atoms with Crippen molar-refractivity contribution < 1.29 is 19.1 Å². The van der Waals surface area contributed by atoms with Crippen LogP contribution in [0.4, 0.5) is 0 Å². The van der Waals surface area contributed by atoms with Gasteiger partial charge < -0.3 is 19.3 Å². The first-order chi connectivity index (χ1) is 11.7. The lowest BCUT2D eigenvalue weighted by Crippen LogP contribution is -2.52. The van der Waals surface area contributed by atoms with Crippen molar-refractivity contribution in [3.63, 3.8) is 0 Å². The van der Waals surface area contributed by atoms with Crippen LogP contribution in [0.25, 0.3) is 0 Å². The Morgan fingerprint density at radius 3 is 2.46 bits per heavy atom. The smallest absolute Gasteiger partial charge is 0.228 e. The molecule has 0 spiro atoms. The van der Waals surface area contributed by atoms with E-state index in [2.05, 4.69) is 0 Å². The van der Waals surface area contributed by atoms with Crippen LogP contribution in [0.5, 0.6) is 0 Å². The highest BCUT2D eigenvalue weighted by atomic mass is 16.7. The highest BCUT2D eigenvalue weighted by Crippen LogP contribution is 2.32. The van der Waals surface area contributed by atoms with Gasteiger partial charge in [-0.25, -0.2) is 0 Å². The predicted octanol–water partition coefficient (Wildman–Crippen LogP) is 1.53. The molecule has 0 aromatic heterocycles. The number of amides is 2. The van der Waals surface area contributed by atoms with Crippen LogP contribution in [0.3, 0.4) is 0 Å². The van der Waals surface area contributed by atoms with E-state index in [-0.39, 0.29) is 30.1 Å². The third-order valence-corrected chi connectivity index (χ3v) is 6.07. The Kier molecular flexibility index (Phi) is 4.77. The fourth-order valence-electron chi connectivity index (χ4n) is 4.81. The molecule has 134 valence electrons. The Labute approximate surface area is 143 Å². The van der Waals surface area contributed by atoms with Crippen molar-refractivity contribution in [3.05, 3.63) is 0 Å². The van der Waals surface area contributed by atoms with Crippen LogP contribution < -0.4 is 0 Å². The van der Waals surface area contributed by atoms with E-state index < -0.39 is 0 Å². The first-order valence-corrected chi connectivity index (χ1v) is 9.57. The van der Waals surface area contributed by atoms with Crippen molar-refractivity contribution in [1.29, 1.82) is 0 Å². The van der Waals surface area contributed by atoms with E-state index >= 15 is 0 Å². The molecular weight excluding hydrogens is 308 g/mol. The van der Waals surface area contributed by atoms with Gasteiger partial charge in [0.1, 0.15) is 0 Å². The largest absolute Gasteiger partial charge is 0.348 e. The average Bonchev–Trinajstić information content (AvgIpc) is 3.35. The molecule has 0 bridgehead atoms. The summed E-state index contributed by atoms with van der Waals surface area (Å²) in [6, 6.07) is 0.387. The Bertz CT molecular complexity index is 485. The predicted molar refractivity (Wildman–Crippen MR) is 87.1 cm³/mol. The van der Waals surface area contributed by atoms with E-state index in [1.807, 2.05) is 9.80 Å². The van der Waals surface area contributed by atoms with Crippen LogP contribution in [-0.4, -0.2) is 66.3 Å². The second kappa shape index (κ2) is 7.00. The summed E-state index contributed by atoms with van der Waals surface area (Å²) in [6.45, 7) is 2.60. The van der Waals surface area contributed by atoms with Crippen molar-refractivity contribution >= 4 is 11.8 Å². The lowest BCUT2D eigenvalue weighted by atomic mass is 9.98. The van der Waals surface area contributed by atoms with Gasteiger partial charge in [0, 0.05) is 25.6 Å². The van der Waals surface area contributed by atoms with Crippen LogP contribution in [0, 0.1) is 5.92 Å². The maximum Gasteiger partial charge on any atom is 0.228 e. The Balaban J connectivity index is 1.43. The topological polar surface area (TPSA) is 59.1 Å². The lowest BCUT2D eigenvalue weighted by molar-refractivity contribution is -0.154. The van der Waals surface area contributed by atoms with E-state index in [0.29, 0.717) is 32.2 Å². The molecule has 6 nitrogen and oxygen atoms in total. The Morgan fingerprint density at radius 2 is 1.71 bits per heavy atom.